The van der Waals surface area contributed by atoms with Crippen LogP contribution in [0.1, 0.15) is 38.5 Å². The standard InChI is InChI=1S/C18H25N5OS/c19-18(24)23-8-3-1-2-4-15(23)13-5-9-22(10-6-13)17-16-14(7-11-25-16)20-12-21-17/h7,11-13,15H,1-6,8-10H2,(H2,19,24)/t15-/m0/s1. The SMILES string of the molecule is NC(=O)N1CCCCC[C@H]1C1CCN(c2ncnc3ccsc23)CC1. The first-order chi connectivity index (χ1) is 12.2. The van der Waals surface area contributed by atoms with Crippen molar-refractivity contribution in [1.82, 2.24) is 14.9 Å². The molecule has 2 saturated heterocycles. The number of amides is 2. The summed E-state index contributed by atoms with van der Waals surface area (Å²) in [4.78, 5) is 25.1. The van der Waals surface area contributed by atoms with Crippen LogP contribution in [0, 0.1) is 5.92 Å². The molecule has 2 fully saturated rings. The van der Waals surface area contributed by atoms with Gasteiger partial charge in [-0.05, 0) is 43.0 Å². The zero-order valence-electron chi connectivity index (χ0n) is 14.4. The van der Waals surface area contributed by atoms with Crippen LogP contribution >= 0.6 is 11.3 Å². The molecule has 7 heteroatoms. The molecule has 2 aliphatic heterocycles. The summed E-state index contributed by atoms with van der Waals surface area (Å²) < 4.78 is 1.18. The highest BCUT2D eigenvalue weighted by Crippen LogP contribution is 2.34. The van der Waals surface area contributed by atoms with Gasteiger partial charge in [0.25, 0.3) is 0 Å². The average molecular weight is 359 g/mol. The normalized spacial score (nSPS) is 23.0. The molecule has 0 aromatic carbocycles. The van der Waals surface area contributed by atoms with E-state index < -0.39 is 0 Å². The Morgan fingerprint density at radius 2 is 1.96 bits per heavy atom. The number of carbonyl (C=O) groups is 1. The molecule has 1 atom stereocenters. The summed E-state index contributed by atoms with van der Waals surface area (Å²) in [7, 11) is 0. The minimum atomic E-state index is -0.245. The first-order valence-electron chi connectivity index (χ1n) is 9.23. The van der Waals surface area contributed by atoms with Gasteiger partial charge in [0, 0.05) is 25.7 Å². The van der Waals surface area contributed by atoms with E-state index in [4.69, 9.17) is 5.73 Å². The van der Waals surface area contributed by atoms with Crippen LogP contribution in [0.15, 0.2) is 17.8 Å². The van der Waals surface area contributed by atoms with Crippen LogP contribution in [0.2, 0.25) is 0 Å². The van der Waals surface area contributed by atoms with Gasteiger partial charge in [-0.1, -0.05) is 12.8 Å². The molecular formula is C18H25N5OS. The second-order valence-corrected chi connectivity index (χ2v) is 8.02. The average Bonchev–Trinajstić information content (AvgIpc) is 2.97. The van der Waals surface area contributed by atoms with E-state index in [2.05, 4.69) is 20.2 Å². The van der Waals surface area contributed by atoms with Crippen molar-refractivity contribution in [3.63, 3.8) is 0 Å². The van der Waals surface area contributed by atoms with E-state index >= 15 is 0 Å². The Bertz CT molecular complexity index is 740. The van der Waals surface area contributed by atoms with Gasteiger partial charge >= 0.3 is 6.03 Å². The molecule has 0 radical (unpaired) electrons. The Hall–Kier alpha value is -1.89. The summed E-state index contributed by atoms with van der Waals surface area (Å²) in [6.07, 6.45) is 8.42. The van der Waals surface area contributed by atoms with Gasteiger partial charge in [-0.15, -0.1) is 11.3 Å². The van der Waals surface area contributed by atoms with Crippen LogP contribution in [-0.4, -0.2) is 46.6 Å². The number of fused-ring (bicyclic) bond motifs is 1. The highest BCUT2D eigenvalue weighted by Gasteiger charge is 2.33. The van der Waals surface area contributed by atoms with Crippen LogP contribution in [0.5, 0.6) is 0 Å². The maximum atomic E-state index is 11.9. The van der Waals surface area contributed by atoms with E-state index in [1.54, 1.807) is 17.7 Å². The lowest BCUT2D eigenvalue weighted by atomic mass is 9.86. The Labute approximate surface area is 152 Å². The molecule has 0 unspecified atom stereocenters. The molecule has 6 nitrogen and oxygen atoms in total. The highest BCUT2D eigenvalue weighted by atomic mass is 32.1. The number of urea groups is 1. The van der Waals surface area contributed by atoms with Gasteiger partial charge in [-0.25, -0.2) is 14.8 Å². The lowest BCUT2D eigenvalue weighted by Gasteiger charge is -2.40. The third-order valence-electron chi connectivity index (χ3n) is 5.69. The molecule has 4 rings (SSSR count). The molecule has 2 amide bonds. The Morgan fingerprint density at radius 3 is 2.76 bits per heavy atom. The summed E-state index contributed by atoms with van der Waals surface area (Å²) in [6.45, 7) is 2.79. The summed E-state index contributed by atoms with van der Waals surface area (Å²) >= 11 is 1.71. The van der Waals surface area contributed by atoms with Crippen molar-refractivity contribution in [1.29, 1.82) is 0 Å². The number of nitrogens with two attached hydrogens (primary N) is 1. The summed E-state index contributed by atoms with van der Waals surface area (Å²) in [5.41, 5.74) is 6.69. The topological polar surface area (TPSA) is 75.4 Å². The van der Waals surface area contributed by atoms with E-state index in [9.17, 15) is 4.79 Å². The summed E-state index contributed by atoms with van der Waals surface area (Å²) in [6, 6.07) is 2.12. The molecule has 4 heterocycles. The first kappa shape index (κ1) is 16.6. The number of primary amides is 1. The Morgan fingerprint density at radius 1 is 1.12 bits per heavy atom. The third kappa shape index (κ3) is 3.29. The smallest absolute Gasteiger partial charge is 0.315 e. The molecule has 2 aliphatic rings. The molecule has 2 aromatic heterocycles. The molecule has 0 saturated carbocycles. The highest BCUT2D eigenvalue weighted by molar-refractivity contribution is 7.17. The zero-order chi connectivity index (χ0) is 17.2. The van der Waals surface area contributed by atoms with Crippen molar-refractivity contribution >= 4 is 33.4 Å². The van der Waals surface area contributed by atoms with Crippen molar-refractivity contribution < 1.29 is 4.79 Å². The maximum absolute atomic E-state index is 11.9. The number of hydrogen-bond acceptors (Lipinski definition) is 5. The number of nitrogens with zero attached hydrogens (tertiary/aromatic N) is 4. The molecule has 25 heavy (non-hydrogen) atoms. The number of likely N-dealkylation sites (tertiary alicyclic amines) is 1. The molecule has 0 spiro atoms. The maximum Gasteiger partial charge on any atom is 0.315 e. The summed E-state index contributed by atoms with van der Waals surface area (Å²) in [5.74, 6) is 1.61. The van der Waals surface area contributed by atoms with Gasteiger partial charge < -0.3 is 15.5 Å². The number of hydrogen-bond donors (Lipinski definition) is 1. The number of rotatable bonds is 2. The van der Waals surface area contributed by atoms with Gasteiger partial charge in [-0.2, -0.15) is 0 Å². The fourth-order valence-electron chi connectivity index (χ4n) is 4.40. The van der Waals surface area contributed by atoms with Crippen molar-refractivity contribution in [2.75, 3.05) is 24.5 Å². The van der Waals surface area contributed by atoms with E-state index in [1.807, 2.05) is 11.0 Å². The quantitative estimate of drug-likeness (QED) is 0.893. The second-order valence-electron chi connectivity index (χ2n) is 7.11. The van der Waals surface area contributed by atoms with Crippen molar-refractivity contribution in [3.8, 4) is 0 Å². The predicted octanol–water partition coefficient (Wildman–Crippen LogP) is 3.23. The zero-order valence-corrected chi connectivity index (χ0v) is 15.2. The predicted molar refractivity (Wildman–Crippen MR) is 101 cm³/mol. The van der Waals surface area contributed by atoms with Crippen LogP contribution in [0.4, 0.5) is 10.6 Å². The van der Waals surface area contributed by atoms with Gasteiger partial charge in [0.15, 0.2) is 0 Å². The van der Waals surface area contributed by atoms with Gasteiger partial charge in [0.2, 0.25) is 0 Å². The molecule has 0 aliphatic carbocycles. The minimum absolute atomic E-state index is 0.245. The van der Waals surface area contributed by atoms with Crippen molar-refractivity contribution in [3.05, 3.63) is 17.8 Å². The summed E-state index contributed by atoms with van der Waals surface area (Å²) in [5, 5.41) is 2.08. The lowest BCUT2D eigenvalue weighted by Crippen LogP contribution is -2.49. The number of thiophene rings is 1. The van der Waals surface area contributed by atoms with Crippen LogP contribution in [0.25, 0.3) is 10.2 Å². The fraction of sp³-hybridized carbons (Fsp3) is 0.611. The van der Waals surface area contributed by atoms with E-state index in [0.717, 1.165) is 56.7 Å². The number of piperidine rings is 1. The van der Waals surface area contributed by atoms with Crippen molar-refractivity contribution in [2.24, 2.45) is 11.7 Å². The molecular weight excluding hydrogens is 334 g/mol. The Kier molecular flexibility index (Phi) is 4.74. The third-order valence-corrected chi connectivity index (χ3v) is 6.59. The first-order valence-corrected chi connectivity index (χ1v) is 10.1. The van der Waals surface area contributed by atoms with E-state index in [0.29, 0.717) is 12.0 Å². The van der Waals surface area contributed by atoms with Gasteiger partial charge in [-0.3, -0.25) is 0 Å². The second kappa shape index (κ2) is 7.15. The van der Waals surface area contributed by atoms with Crippen LogP contribution < -0.4 is 10.6 Å². The number of aromatic nitrogens is 2. The lowest BCUT2D eigenvalue weighted by molar-refractivity contribution is 0.143. The molecule has 2 N–H and O–H groups in total. The number of carbonyl (C=O) groups excluding carboxylic acids is 1. The van der Waals surface area contributed by atoms with Gasteiger partial charge in [0.05, 0.1) is 10.2 Å². The monoisotopic (exact) mass is 359 g/mol. The van der Waals surface area contributed by atoms with Crippen molar-refractivity contribution in [2.45, 2.75) is 44.6 Å². The number of anilines is 1. The van der Waals surface area contributed by atoms with Crippen LogP contribution in [0.3, 0.4) is 0 Å². The molecule has 134 valence electrons. The minimum Gasteiger partial charge on any atom is -0.355 e. The van der Waals surface area contributed by atoms with Crippen LogP contribution in [-0.2, 0) is 0 Å². The largest absolute Gasteiger partial charge is 0.355 e. The van der Waals surface area contributed by atoms with Gasteiger partial charge in [0.1, 0.15) is 12.1 Å². The van der Waals surface area contributed by atoms with E-state index in [-0.39, 0.29) is 6.03 Å². The van der Waals surface area contributed by atoms with E-state index in [1.165, 1.54) is 17.5 Å². The Balaban J connectivity index is 1.47. The molecule has 2 aromatic rings. The fourth-order valence-corrected chi connectivity index (χ4v) is 5.26. The molecule has 0 bridgehead atoms.